The number of hydrogen-bond acceptors (Lipinski definition) is 4. The Bertz CT molecular complexity index is 704. The maximum Gasteiger partial charge on any atom is 0.259 e. The van der Waals surface area contributed by atoms with E-state index in [0.29, 0.717) is 5.65 Å². The number of hydrogen-bond donors (Lipinski definition) is 0. The zero-order valence-corrected chi connectivity index (χ0v) is 13.2. The number of likely N-dealkylation sites (N-methyl/N-ethyl adjacent to an activating group) is 1. The summed E-state index contributed by atoms with van der Waals surface area (Å²) in [4.78, 5) is 21.4. The van der Waals surface area contributed by atoms with Crippen molar-refractivity contribution in [1.82, 2.24) is 14.3 Å². The van der Waals surface area contributed by atoms with Gasteiger partial charge in [-0.25, -0.2) is 4.98 Å². The average molecular weight is 337 g/mol. The molecule has 3 heterocycles. The summed E-state index contributed by atoms with van der Waals surface area (Å²) in [5, 5.41) is 0. The van der Waals surface area contributed by atoms with Crippen LogP contribution in [0.25, 0.3) is 5.65 Å². The lowest BCUT2D eigenvalue weighted by Gasteiger charge is -2.33. The second-order valence-electron chi connectivity index (χ2n) is 5.30. The van der Waals surface area contributed by atoms with Crippen molar-refractivity contribution in [3.8, 4) is 0 Å². The van der Waals surface area contributed by atoms with Crippen LogP contribution in [0.15, 0.2) is 27.6 Å². The van der Waals surface area contributed by atoms with Crippen molar-refractivity contribution in [1.29, 1.82) is 0 Å². The Morgan fingerprint density at radius 2 is 1.90 bits per heavy atom. The van der Waals surface area contributed by atoms with E-state index in [0.717, 1.165) is 42.0 Å². The topological polar surface area (TPSA) is 40.9 Å². The molecule has 1 saturated heterocycles. The van der Waals surface area contributed by atoms with Gasteiger partial charge in [-0.05, 0) is 41.5 Å². The highest BCUT2D eigenvalue weighted by atomic mass is 79.9. The number of piperazine rings is 1. The van der Waals surface area contributed by atoms with Gasteiger partial charge < -0.3 is 9.80 Å². The summed E-state index contributed by atoms with van der Waals surface area (Å²) in [7, 11) is 2.11. The van der Waals surface area contributed by atoms with E-state index in [-0.39, 0.29) is 5.56 Å². The second kappa shape index (κ2) is 5.18. The van der Waals surface area contributed by atoms with Gasteiger partial charge in [0.25, 0.3) is 5.56 Å². The molecule has 0 radical (unpaired) electrons. The summed E-state index contributed by atoms with van der Waals surface area (Å²) in [5.41, 5.74) is 1.67. The highest BCUT2D eigenvalue weighted by Crippen LogP contribution is 2.20. The fourth-order valence-corrected chi connectivity index (χ4v) is 3.12. The summed E-state index contributed by atoms with van der Waals surface area (Å²) in [6, 6.07) is 3.61. The molecule has 0 atom stereocenters. The summed E-state index contributed by atoms with van der Waals surface area (Å²) >= 11 is 3.50. The van der Waals surface area contributed by atoms with E-state index in [9.17, 15) is 4.79 Å². The highest BCUT2D eigenvalue weighted by molar-refractivity contribution is 9.10. The van der Waals surface area contributed by atoms with Crippen LogP contribution in [-0.2, 0) is 0 Å². The van der Waals surface area contributed by atoms with E-state index in [1.54, 1.807) is 10.5 Å². The average Bonchev–Trinajstić information content (AvgIpc) is 2.40. The normalized spacial score (nSPS) is 16.9. The molecule has 1 aliphatic heterocycles. The zero-order valence-electron chi connectivity index (χ0n) is 11.6. The van der Waals surface area contributed by atoms with Crippen LogP contribution in [-0.4, -0.2) is 47.5 Å². The number of aryl methyl sites for hydroxylation is 1. The predicted molar refractivity (Wildman–Crippen MR) is 83.6 cm³/mol. The molecule has 3 rings (SSSR count). The van der Waals surface area contributed by atoms with E-state index < -0.39 is 0 Å². The minimum atomic E-state index is -0.0340. The number of nitrogens with zero attached hydrogens (tertiary/aromatic N) is 4. The van der Waals surface area contributed by atoms with Gasteiger partial charge in [-0.2, -0.15) is 0 Å². The Hall–Kier alpha value is -1.40. The molecular formula is C14H17BrN4O. The maximum atomic E-state index is 12.3. The third-order valence-corrected chi connectivity index (χ3v) is 4.25. The van der Waals surface area contributed by atoms with Crippen LogP contribution in [0.4, 0.5) is 5.82 Å². The van der Waals surface area contributed by atoms with Crippen molar-refractivity contribution < 1.29 is 0 Å². The van der Waals surface area contributed by atoms with Crippen LogP contribution >= 0.6 is 15.9 Å². The van der Waals surface area contributed by atoms with Crippen molar-refractivity contribution >= 4 is 27.4 Å². The maximum absolute atomic E-state index is 12.3. The first-order valence-corrected chi connectivity index (χ1v) is 7.47. The molecule has 6 heteroatoms. The van der Waals surface area contributed by atoms with Crippen molar-refractivity contribution in [2.24, 2.45) is 0 Å². The van der Waals surface area contributed by atoms with Crippen LogP contribution in [0.1, 0.15) is 5.56 Å². The first-order valence-electron chi connectivity index (χ1n) is 6.67. The molecule has 1 fully saturated rings. The standard InChI is InChI=1S/C14H17BrN4O/c1-10-7-11(15)14-16-12(8-13(20)19(14)9-10)18-5-3-17(2)4-6-18/h7-9H,3-6H2,1-2H3. The Balaban J connectivity index is 2.08. The van der Waals surface area contributed by atoms with Gasteiger partial charge in [0.15, 0.2) is 5.65 Å². The van der Waals surface area contributed by atoms with E-state index in [1.165, 1.54) is 0 Å². The molecule has 106 valence electrons. The molecule has 5 nitrogen and oxygen atoms in total. The molecule has 0 amide bonds. The number of aromatic nitrogens is 2. The first-order chi connectivity index (χ1) is 9.54. The predicted octanol–water partition coefficient (Wildman–Crippen LogP) is 1.52. The number of anilines is 1. The fraction of sp³-hybridized carbons (Fsp3) is 0.429. The van der Waals surface area contributed by atoms with Crippen molar-refractivity contribution in [2.45, 2.75) is 6.92 Å². The van der Waals surface area contributed by atoms with E-state index in [4.69, 9.17) is 0 Å². The van der Waals surface area contributed by atoms with Crippen LogP contribution in [0.2, 0.25) is 0 Å². The molecule has 0 spiro atoms. The minimum Gasteiger partial charge on any atom is -0.354 e. The highest BCUT2D eigenvalue weighted by Gasteiger charge is 2.17. The Morgan fingerprint density at radius 1 is 1.20 bits per heavy atom. The summed E-state index contributed by atoms with van der Waals surface area (Å²) in [6.07, 6.45) is 1.82. The summed E-state index contributed by atoms with van der Waals surface area (Å²) < 4.78 is 2.45. The van der Waals surface area contributed by atoms with Gasteiger partial charge in [0.2, 0.25) is 0 Å². The monoisotopic (exact) mass is 336 g/mol. The van der Waals surface area contributed by atoms with E-state index >= 15 is 0 Å². The Labute approximate surface area is 126 Å². The van der Waals surface area contributed by atoms with E-state index in [2.05, 4.69) is 37.8 Å². The first kappa shape index (κ1) is 13.6. The lowest BCUT2D eigenvalue weighted by atomic mass is 10.3. The van der Waals surface area contributed by atoms with Gasteiger partial charge in [0.1, 0.15) is 5.82 Å². The van der Waals surface area contributed by atoms with Gasteiger partial charge in [0.05, 0.1) is 4.47 Å². The number of rotatable bonds is 1. The number of fused-ring (bicyclic) bond motifs is 1. The molecule has 0 bridgehead atoms. The van der Waals surface area contributed by atoms with E-state index in [1.807, 2.05) is 19.2 Å². The molecule has 0 saturated carbocycles. The minimum absolute atomic E-state index is 0.0340. The van der Waals surface area contributed by atoms with Gasteiger partial charge in [0, 0.05) is 38.4 Å². The molecule has 0 unspecified atom stereocenters. The van der Waals surface area contributed by atoms with Gasteiger partial charge >= 0.3 is 0 Å². The van der Waals surface area contributed by atoms with Crippen LogP contribution in [0.3, 0.4) is 0 Å². The van der Waals surface area contributed by atoms with Gasteiger partial charge in [-0.3, -0.25) is 9.20 Å². The molecule has 0 aliphatic carbocycles. The third kappa shape index (κ3) is 2.45. The van der Waals surface area contributed by atoms with Crippen molar-refractivity contribution in [3.05, 3.63) is 38.7 Å². The molecule has 2 aromatic heterocycles. The van der Waals surface area contributed by atoms with Gasteiger partial charge in [-0.15, -0.1) is 0 Å². The lowest BCUT2D eigenvalue weighted by Crippen LogP contribution is -2.45. The number of halogens is 1. The van der Waals surface area contributed by atoms with Crippen molar-refractivity contribution in [2.75, 3.05) is 38.1 Å². The zero-order chi connectivity index (χ0) is 14.3. The summed E-state index contributed by atoms with van der Waals surface area (Å²) in [5.74, 6) is 0.771. The quantitative estimate of drug-likeness (QED) is 0.791. The fourth-order valence-electron chi connectivity index (χ4n) is 2.48. The molecule has 1 aliphatic rings. The van der Waals surface area contributed by atoms with Gasteiger partial charge in [-0.1, -0.05) is 0 Å². The van der Waals surface area contributed by atoms with Crippen LogP contribution in [0.5, 0.6) is 0 Å². The van der Waals surface area contributed by atoms with Crippen molar-refractivity contribution in [3.63, 3.8) is 0 Å². The molecule has 0 N–H and O–H groups in total. The molecule has 2 aromatic rings. The van der Waals surface area contributed by atoms with Crippen LogP contribution < -0.4 is 10.5 Å². The Morgan fingerprint density at radius 3 is 2.60 bits per heavy atom. The smallest absolute Gasteiger partial charge is 0.259 e. The number of pyridine rings is 1. The molecular weight excluding hydrogens is 320 g/mol. The van der Waals surface area contributed by atoms with Crippen LogP contribution in [0, 0.1) is 6.92 Å². The lowest BCUT2D eigenvalue weighted by molar-refractivity contribution is 0.312. The largest absolute Gasteiger partial charge is 0.354 e. The Kier molecular flexibility index (Phi) is 3.52. The summed E-state index contributed by atoms with van der Waals surface area (Å²) in [6.45, 7) is 5.77. The second-order valence-corrected chi connectivity index (χ2v) is 6.16. The third-order valence-electron chi connectivity index (χ3n) is 3.67. The SMILES string of the molecule is Cc1cc(Br)c2nc(N3CCN(C)CC3)cc(=O)n2c1. The molecule has 0 aromatic carbocycles. The molecule has 20 heavy (non-hydrogen) atoms.